The second kappa shape index (κ2) is 4.87. The normalized spacial score (nSPS) is 10.4. The zero-order valence-corrected chi connectivity index (χ0v) is 9.82. The van der Waals surface area contributed by atoms with Crippen LogP contribution in [-0.4, -0.2) is 17.6 Å². The molecule has 0 fully saturated rings. The summed E-state index contributed by atoms with van der Waals surface area (Å²) < 4.78 is 5.04. The summed E-state index contributed by atoms with van der Waals surface area (Å²) in [7, 11) is 0. The highest BCUT2D eigenvalue weighted by Crippen LogP contribution is 2.14. The van der Waals surface area contributed by atoms with E-state index in [9.17, 15) is 4.79 Å². The van der Waals surface area contributed by atoms with Gasteiger partial charge in [-0.3, -0.25) is 0 Å². The maximum Gasteiger partial charge on any atom is 0.333 e. The molecule has 2 rings (SSSR count). The van der Waals surface area contributed by atoms with E-state index in [4.69, 9.17) is 4.74 Å². The number of rotatable bonds is 4. The number of benzene rings is 1. The Kier molecular flexibility index (Phi) is 3.28. The number of carbonyl (C=O) groups excluding carboxylic acids is 1. The Hall–Kier alpha value is -2.03. The van der Waals surface area contributed by atoms with Crippen molar-refractivity contribution in [1.82, 2.24) is 4.98 Å². The number of esters is 1. The summed E-state index contributed by atoms with van der Waals surface area (Å²) >= 11 is 0. The molecule has 3 heteroatoms. The van der Waals surface area contributed by atoms with Crippen LogP contribution in [0.2, 0.25) is 0 Å². The van der Waals surface area contributed by atoms with Gasteiger partial charge in [0.2, 0.25) is 0 Å². The maximum absolute atomic E-state index is 11.2. The Morgan fingerprint density at radius 1 is 1.41 bits per heavy atom. The van der Waals surface area contributed by atoms with Gasteiger partial charge in [-0.2, -0.15) is 0 Å². The molecule has 1 aromatic carbocycles. The second-order valence-corrected chi connectivity index (χ2v) is 4.05. The van der Waals surface area contributed by atoms with Gasteiger partial charge in [0.15, 0.2) is 0 Å². The van der Waals surface area contributed by atoms with Crippen molar-refractivity contribution in [2.24, 2.45) is 0 Å². The zero-order chi connectivity index (χ0) is 12.3. The third-order valence-corrected chi connectivity index (χ3v) is 2.54. The monoisotopic (exact) mass is 229 g/mol. The van der Waals surface area contributed by atoms with E-state index in [1.54, 1.807) is 6.92 Å². The van der Waals surface area contributed by atoms with Gasteiger partial charge >= 0.3 is 5.97 Å². The Balaban J connectivity index is 1.95. The number of carbonyl (C=O) groups is 1. The van der Waals surface area contributed by atoms with Gasteiger partial charge in [-0.1, -0.05) is 24.8 Å². The molecule has 1 N–H and O–H groups in total. The van der Waals surface area contributed by atoms with Crippen molar-refractivity contribution in [2.45, 2.75) is 13.3 Å². The molecule has 0 aliphatic rings. The Bertz CT molecular complexity index is 521. The van der Waals surface area contributed by atoms with Crippen LogP contribution in [0.15, 0.2) is 42.5 Å². The Morgan fingerprint density at radius 3 is 2.88 bits per heavy atom. The predicted molar refractivity (Wildman–Crippen MR) is 67.8 cm³/mol. The molecule has 88 valence electrons. The summed E-state index contributed by atoms with van der Waals surface area (Å²) in [5.74, 6) is -0.332. The zero-order valence-electron chi connectivity index (χ0n) is 9.82. The molecule has 17 heavy (non-hydrogen) atoms. The minimum absolute atomic E-state index is 0.332. The topological polar surface area (TPSA) is 42.1 Å². The van der Waals surface area contributed by atoms with Crippen molar-refractivity contribution in [2.75, 3.05) is 6.61 Å². The minimum Gasteiger partial charge on any atom is -0.462 e. The van der Waals surface area contributed by atoms with Crippen LogP contribution >= 0.6 is 0 Å². The van der Waals surface area contributed by atoms with Gasteiger partial charge in [-0.15, -0.1) is 0 Å². The molecule has 1 heterocycles. The van der Waals surface area contributed by atoms with Gasteiger partial charge in [-0.05, 0) is 24.4 Å². The van der Waals surface area contributed by atoms with Crippen LogP contribution in [0.1, 0.15) is 12.6 Å². The fraction of sp³-hybridized carbons (Fsp3) is 0.214. The van der Waals surface area contributed by atoms with Crippen LogP contribution in [-0.2, 0) is 16.0 Å². The molecule has 0 bridgehead atoms. The third kappa shape index (κ3) is 2.75. The number of H-pyrrole nitrogens is 1. The number of fused-ring (bicyclic) bond motifs is 1. The summed E-state index contributed by atoms with van der Waals surface area (Å²) in [4.78, 5) is 14.5. The first-order valence-corrected chi connectivity index (χ1v) is 5.56. The van der Waals surface area contributed by atoms with E-state index in [0.29, 0.717) is 18.6 Å². The fourth-order valence-corrected chi connectivity index (χ4v) is 1.65. The van der Waals surface area contributed by atoms with Crippen LogP contribution in [0.4, 0.5) is 0 Å². The molecule has 0 atom stereocenters. The van der Waals surface area contributed by atoms with E-state index in [1.165, 1.54) is 5.39 Å². The van der Waals surface area contributed by atoms with Crippen molar-refractivity contribution in [3.8, 4) is 0 Å². The summed E-state index contributed by atoms with van der Waals surface area (Å²) in [6.07, 6.45) is 0.688. The minimum atomic E-state index is -0.332. The molecular formula is C14H15NO2. The first-order chi connectivity index (χ1) is 8.16. The predicted octanol–water partition coefficient (Wildman–Crippen LogP) is 2.83. The second-order valence-electron chi connectivity index (χ2n) is 4.05. The smallest absolute Gasteiger partial charge is 0.333 e. The van der Waals surface area contributed by atoms with Gasteiger partial charge in [0.05, 0.1) is 6.61 Å². The van der Waals surface area contributed by atoms with Crippen molar-refractivity contribution < 1.29 is 9.53 Å². The van der Waals surface area contributed by atoms with Gasteiger partial charge in [0.1, 0.15) is 0 Å². The molecule has 0 radical (unpaired) electrons. The molecule has 0 unspecified atom stereocenters. The number of aromatic nitrogens is 1. The number of nitrogens with one attached hydrogen (secondary N) is 1. The highest BCUT2D eigenvalue weighted by Gasteiger charge is 2.04. The standard InChI is InChI=1S/C14H15NO2/c1-10(2)14(16)17-8-7-12-9-11-5-3-4-6-13(11)15-12/h3-6,9,15H,1,7-8H2,2H3. The molecule has 0 saturated heterocycles. The van der Waals surface area contributed by atoms with Gasteiger partial charge in [-0.25, -0.2) is 4.79 Å². The number of hydrogen-bond donors (Lipinski definition) is 1. The lowest BCUT2D eigenvalue weighted by atomic mass is 10.2. The lowest BCUT2D eigenvalue weighted by molar-refractivity contribution is -0.138. The number of aromatic amines is 1. The lowest BCUT2D eigenvalue weighted by Gasteiger charge is -2.02. The summed E-state index contributed by atoms with van der Waals surface area (Å²) in [5.41, 5.74) is 2.61. The van der Waals surface area contributed by atoms with Crippen molar-refractivity contribution in [1.29, 1.82) is 0 Å². The fourth-order valence-electron chi connectivity index (χ4n) is 1.65. The van der Waals surface area contributed by atoms with Crippen LogP contribution in [0.3, 0.4) is 0 Å². The van der Waals surface area contributed by atoms with Crippen LogP contribution in [0, 0.1) is 0 Å². The lowest BCUT2D eigenvalue weighted by Crippen LogP contribution is -2.08. The number of ether oxygens (including phenoxy) is 1. The summed E-state index contributed by atoms with van der Waals surface area (Å²) in [6.45, 7) is 5.55. The molecule has 1 aromatic heterocycles. The number of hydrogen-bond acceptors (Lipinski definition) is 2. The van der Waals surface area contributed by atoms with Crippen molar-refractivity contribution in [3.05, 3.63) is 48.2 Å². The Morgan fingerprint density at radius 2 is 2.18 bits per heavy atom. The van der Waals surface area contributed by atoms with E-state index in [0.717, 1.165) is 11.2 Å². The van der Waals surface area contributed by atoms with E-state index in [1.807, 2.05) is 18.2 Å². The number of para-hydroxylation sites is 1. The van der Waals surface area contributed by atoms with Gasteiger partial charge < -0.3 is 9.72 Å². The van der Waals surface area contributed by atoms with Crippen molar-refractivity contribution >= 4 is 16.9 Å². The van der Waals surface area contributed by atoms with E-state index in [-0.39, 0.29) is 5.97 Å². The van der Waals surface area contributed by atoms with Crippen LogP contribution in [0.25, 0.3) is 10.9 Å². The van der Waals surface area contributed by atoms with Crippen molar-refractivity contribution in [3.63, 3.8) is 0 Å². The van der Waals surface area contributed by atoms with E-state index < -0.39 is 0 Å². The van der Waals surface area contributed by atoms with Gasteiger partial charge in [0, 0.05) is 23.2 Å². The van der Waals surface area contributed by atoms with Crippen LogP contribution in [0.5, 0.6) is 0 Å². The Labute approximate surface area is 100 Å². The average Bonchev–Trinajstić information content (AvgIpc) is 2.71. The van der Waals surface area contributed by atoms with E-state index in [2.05, 4.69) is 23.7 Å². The molecular weight excluding hydrogens is 214 g/mol. The highest BCUT2D eigenvalue weighted by atomic mass is 16.5. The molecule has 0 saturated carbocycles. The average molecular weight is 229 g/mol. The summed E-state index contributed by atoms with van der Waals surface area (Å²) in [5, 5.41) is 1.17. The third-order valence-electron chi connectivity index (χ3n) is 2.54. The summed E-state index contributed by atoms with van der Waals surface area (Å²) in [6, 6.07) is 10.1. The largest absolute Gasteiger partial charge is 0.462 e. The maximum atomic E-state index is 11.2. The van der Waals surface area contributed by atoms with Crippen LogP contribution < -0.4 is 0 Å². The molecule has 0 spiro atoms. The molecule has 0 aliphatic heterocycles. The van der Waals surface area contributed by atoms with E-state index >= 15 is 0 Å². The SMILES string of the molecule is C=C(C)C(=O)OCCc1cc2ccccc2[nH]1. The molecule has 2 aromatic rings. The molecule has 0 aliphatic carbocycles. The highest BCUT2D eigenvalue weighted by molar-refractivity contribution is 5.86. The first kappa shape index (κ1) is 11.5. The quantitative estimate of drug-likeness (QED) is 0.647. The molecule has 3 nitrogen and oxygen atoms in total. The van der Waals surface area contributed by atoms with Gasteiger partial charge in [0.25, 0.3) is 0 Å². The molecule has 0 amide bonds. The first-order valence-electron chi connectivity index (χ1n) is 5.56.